The van der Waals surface area contributed by atoms with Crippen molar-refractivity contribution < 1.29 is 28.3 Å². The molecule has 1 heterocycles. The average molecular weight is 297 g/mol. The first-order chi connectivity index (χ1) is 10.1. The fraction of sp³-hybridized carbons (Fsp3) is 0.167. The highest BCUT2D eigenvalue weighted by molar-refractivity contribution is 5.58. The summed E-state index contributed by atoms with van der Waals surface area (Å²) in [6.45, 7) is -3.27. The summed E-state index contributed by atoms with van der Waals surface area (Å²) in [7, 11) is 0. The molecule has 1 aromatic carbocycles. The number of halogens is 2. The maximum atomic E-state index is 12.4. The Bertz CT molecular complexity index is 668. The van der Waals surface area contributed by atoms with E-state index in [2.05, 4.69) is 14.8 Å². The fourth-order valence-corrected chi connectivity index (χ4v) is 1.58. The van der Waals surface area contributed by atoms with E-state index in [0.717, 1.165) is 0 Å². The number of aliphatic imine (C=N–C) groups is 1. The van der Waals surface area contributed by atoms with E-state index in [1.807, 2.05) is 0 Å². The summed E-state index contributed by atoms with van der Waals surface area (Å²) >= 11 is 0. The highest BCUT2D eigenvalue weighted by atomic mass is 19.3. The van der Waals surface area contributed by atoms with Gasteiger partial charge in [0.2, 0.25) is 12.0 Å². The molecule has 9 heteroatoms. The zero-order chi connectivity index (χ0) is 15.2. The van der Waals surface area contributed by atoms with Crippen LogP contribution in [0.5, 0.6) is 11.6 Å². The van der Waals surface area contributed by atoms with Crippen molar-refractivity contribution in [1.82, 2.24) is 9.94 Å². The lowest BCUT2D eigenvalue weighted by Crippen LogP contribution is -2.06. The third-order valence-electron chi connectivity index (χ3n) is 2.41. The number of hydrogen-bond donors (Lipinski definition) is 1. The standard InChI is InChI=1S/C12H9F2N3O4/c13-12(14)21-10-3-1-2-9(15-7-18)8(10)6-20-11-4-5-17(19)16-11/h1-5,12,19H,6H2. The zero-order valence-electron chi connectivity index (χ0n) is 10.4. The average Bonchev–Trinajstić information content (AvgIpc) is 2.83. The second-order valence-corrected chi connectivity index (χ2v) is 3.70. The summed E-state index contributed by atoms with van der Waals surface area (Å²) in [6.07, 6.45) is 2.55. The fourth-order valence-electron chi connectivity index (χ4n) is 1.58. The number of hydrogen-bond acceptors (Lipinski definition) is 6. The van der Waals surface area contributed by atoms with E-state index in [1.54, 1.807) is 0 Å². The third kappa shape index (κ3) is 3.77. The molecule has 0 saturated heterocycles. The molecule has 21 heavy (non-hydrogen) atoms. The first-order valence-corrected chi connectivity index (χ1v) is 5.62. The zero-order valence-corrected chi connectivity index (χ0v) is 10.4. The molecule has 0 amide bonds. The van der Waals surface area contributed by atoms with Gasteiger partial charge in [0.1, 0.15) is 12.4 Å². The van der Waals surface area contributed by atoms with E-state index < -0.39 is 6.61 Å². The van der Waals surface area contributed by atoms with Gasteiger partial charge in [-0.2, -0.15) is 13.8 Å². The van der Waals surface area contributed by atoms with Crippen LogP contribution in [0.25, 0.3) is 0 Å². The van der Waals surface area contributed by atoms with Crippen molar-refractivity contribution in [3.05, 3.63) is 36.0 Å². The molecule has 1 aromatic heterocycles. The minimum absolute atomic E-state index is 0.0605. The molecule has 0 bridgehead atoms. The van der Waals surface area contributed by atoms with Crippen molar-refractivity contribution >= 4 is 11.8 Å². The molecule has 1 N–H and O–H groups in total. The second-order valence-electron chi connectivity index (χ2n) is 3.70. The lowest BCUT2D eigenvalue weighted by molar-refractivity contribution is -0.0508. The van der Waals surface area contributed by atoms with Crippen molar-refractivity contribution in [1.29, 1.82) is 0 Å². The maximum Gasteiger partial charge on any atom is 0.387 e. The van der Waals surface area contributed by atoms with E-state index >= 15 is 0 Å². The number of isocyanates is 1. The van der Waals surface area contributed by atoms with E-state index in [1.165, 1.54) is 36.5 Å². The summed E-state index contributed by atoms with van der Waals surface area (Å²) in [4.78, 5) is 14.3. The number of ether oxygens (including phenoxy) is 2. The van der Waals surface area contributed by atoms with Crippen molar-refractivity contribution in [3.63, 3.8) is 0 Å². The van der Waals surface area contributed by atoms with E-state index in [9.17, 15) is 13.6 Å². The number of alkyl halides is 2. The molecule has 2 aromatic rings. The Morgan fingerprint density at radius 1 is 1.43 bits per heavy atom. The van der Waals surface area contributed by atoms with E-state index in [0.29, 0.717) is 4.85 Å². The molecule has 0 aliphatic carbocycles. The minimum Gasteiger partial charge on any atom is -0.471 e. The normalized spacial score (nSPS) is 10.2. The summed E-state index contributed by atoms with van der Waals surface area (Å²) in [6, 6.07) is 5.48. The minimum atomic E-state index is -3.03. The molecule has 7 nitrogen and oxygen atoms in total. The lowest BCUT2D eigenvalue weighted by atomic mass is 10.1. The van der Waals surface area contributed by atoms with Crippen LogP contribution in [0.4, 0.5) is 14.5 Å². The van der Waals surface area contributed by atoms with Crippen molar-refractivity contribution in [2.24, 2.45) is 4.99 Å². The Kier molecular flexibility index (Phi) is 4.47. The molecule has 0 saturated carbocycles. The number of nitrogens with zero attached hydrogens (tertiary/aromatic N) is 3. The highest BCUT2D eigenvalue weighted by Crippen LogP contribution is 2.30. The number of rotatable bonds is 6. The van der Waals surface area contributed by atoms with Gasteiger partial charge in [-0.1, -0.05) is 11.2 Å². The summed E-state index contributed by atoms with van der Waals surface area (Å²) in [5.74, 6) is -0.115. The molecular formula is C12H9F2N3O4. The Morgan fingerprint density at radius 3 is 2.86 bits per heavy atom. The first kappa shape index (κ1) is 14.5. The Morgan fingerprint density at radius 2 is 2.24 bits per heavy atom. The third-order valence-corrected chi connectivity index (χ3v) is 2.41. The molecule has 0 fully saturated rings. The van der Waals surface area contributed by atoms with Gasteiger partial charge < -0.3 is 14.7 Å². The Balaban J connectivity index is 2.27. The summed E-state index contributed by atoms with van der Waals surface area (Å²) < 4.78 is 34.3. The van der Waals surface area contributed by atoms with E-state index in [-0.39, 0.29) is 29.5 Å². The number of benzene rings is 1. The van der Waals surface area contributed by atoms with Crippen LogP contribution >= 0.6 is 0 Å². The number of aromatic nitrogens is 2. The first-order valence-electron chi connectivity index (χ1n) is 5.62. The van der Waals surface area contributed by atoms with Gasteiger partial charge in [-0.3, -0.25) is 0 Å². The maximum absolute atomic E-state index is 12.4. The van der Waals surface area contributed by atoms with Crippen LogP contribution in [-0.2, 0) is 11.4 Å². The van der Waals surface area contributed by atoms with Gasteiger partial charge in [0.15, 0.2) is 0 Å². The smallest absolute Gasteiger partial charge is 0.387 e. The Hall–Kier alpha value is -2.93. The molecule has 0 spiro atoms. The van der Waals surface area contributed by atoms with Crippen LogP contribution in [0, 0.1) is 0 Å². The van der Waals surface area contributed by atoms with Crippen LogP contribution in [0.2, 0.25) is 0 Å². The van der Waals surface area contributed by atoms with Crippen LogP contribution in [0.1, 0.15) is 5.56 Å². The van der Waals surface area contributed by atoms with Crippen molar-refractivity contribution in [3.8, 4) is 11.6 Å². The molecule has 0 aliphatic rings. The van der Waals surface area contributed by atoms with Gasteiger partial charge in [-0.05, 0) is 12.1 Å². The quantitative estimate of drug-likeness (QED) is 0.502. The van der Waals surface area contributed by atoms with E-state index in [4.69, 9.17) is 9.94 Å². The van der Waals surface area contributed by atoms with Gasteiger partial charge >= 0.3 is 6.61 Å². The highest BCUT2D eigenvalue weighted by Gasteiger charge is 2.14. The topological polar surface area (TPSA) is 85.9 Å². The Labute approximate surface area is 117 Å². The van der Waals surface area contributed by atoms with Crippen LogP contribution in [0.3, 0.4) is 0 Å². The molecule has 2 rings (SSSR count). The van der Waals surface area contributed by atoms with Crippen molar-refractivity contribution in [2.45, 2.75) is 13.2 Å². The van der Waals surface area contributed by atoms with Crippen LogP contribution in [-0.4, -0.2) is 27.8 Å². The molecule has 0 aliphatic heterocycles. The van der Waals surface area contributed by atoms with Crippen LogP contribution < -0.4 is 9.47 Å². The summed E-state index contributed by atoms with van der Waals surface area (Å²) in [5.41, 5.74) is 0.222. The predicted molar refractivity (Wildman–Crippen MR) is 64.6 cm³/mol. The summed E-state index contributed by atoms with van der Waals surface area (Å²) in [5, 5.41) is 12.5. The van der Waals surface area contributed by atoms with Gasteiger partial charge in [0.25, 0.3) is 0 Å². The SMILES string of the molecule is O=C=Nc1cccc(OC(F)F)c1COc1ccn(O)n1. The molecule has 0 unspecified atom stereocenters. The van der Waals surface area contributed by atoms with Gasteiger partial charge in [0.05, 0.1) is 17.4 Å². The second kappa shape index (κ2) is 6.49. The lowest BCUT2D eigenvalue weighted by Gasteiger charge is -2.12. The number of carbonyl (C=O) groups excluding carboxylic acids is 1. The predicted octanol–water partition coefficient (Wildman–Crippen LogP) is 2.27. The monoisotopic (exact) mass is 297 g/mol. The molecular weight excluding hydrogens is 288 g/mol. The van der Waals surface area contributed by atoms with Crippen molar-refractivity contribution in [2.75, 3.05) is 0 Å². The molecule has 110 valence electrons. The largest absolute Gasteiger partial charge is 0.471 e. The van der Waals surface area contributed by atoms with Gasteiger partial charge in [0, 0.05) is 6.07 Å². The molecule has 0 radical (unpaired) electrons. The van der Waals surface area contributed by atoms with Gasteiger partial charge in [-0.15, -0.1) is 4.85 Å². The van der Waals surface area contributed by atoms with Gasteiger partial charge in [-0.25, -0.2) is 4.79 Å². The van der Waals surface area contributed by atoms with Crippen LogP contribution in [0.15, 0.2) is 35.5 Å². The molecule has 0 atom stereocenters.